The van der Waals surface area contributed by atoms with Crippen molar-refractivity contribution in [3.8, 4) is 0 Å². The quantitative estimate of drug-likeness (QED) is 0.547. The molecule has 10 heteroatoms. The van der Waals surface area contributed by atoms with Gasteiger partial charge in [0.15, 0.2) is 5.78 Å². The number of nitrogens with zero attached hydrogens (tertiary/aromatic N) is 3. The Kier molecular flexibility index (Phi) is 6.63. The van der Waals surface area contributed by atoms with Crippen molar-refractivity contribution >= 4 is 27.4 Å². The van der Waals surface area contributed by atoms with E-state index in [0.717, 1.165) is 23.8 Å². The fourth-order valence-corrected chi connectivity index (χ4v) is 3.72. The van der Waals surface area contributed by atoms with Crippen LogP contribution in [0.15, 0.2) is 60.1 Å². The van der Waals surface area contributed by atoms with Gasteiger partial charge in [0.2, 0.25) is 10.0 Å². The zero-order valence-corrected chi connectivity index (χ0v) is 16.6. The maximum atomic E-state index is 13.2. The van der Waals surface area contributed by atoms with E-state index in [-0.39, 0.29) is 28.7 Å². The number of pyridine rings is 1. The van der Waals surface area contributed by atoms with Crippen molar-refractivity contribution in [1.29, 1.82) is 0 Å². The highest BCUT2D eigenvalue weighted by molar-refractivity contribution is 7.89. The molecule has 0 amide bonds. The van der Waals surface area contributed by atoms with Crippen LogP contribution in [0.4, 0.5) is 4.39 Å². The summed E-state index contributed by atoms with van der Waals surface area (Å²) in [5.74, 6) is -0.790. The number of rotatable bonds is 8. The van der Waals surface area contributed by atoms with Gasteiger partial charge in [0.05, 0.1) is 22.2 Å². The molecular weight excluding hydrogens is 419 g/mol. The van der Waals surface area contributed by atoms with Gasteiger partial charge in [-0.25, -0.2) is 27.5 Å². The third kappa shape index (κ3) is 5.63. The van der Waals surface area contributed by atoms with E-state index >= 15 is 0 Å². The summed E-state index contributed by atoms with van der Waals surface area (Å²) in [5.41, 5.74) is 1.72. The molecule has 0 radical (unpaired) electrons. The van der Waals surface area contributed by atoms with Crippen LogP contribution >= 0.6 is 11.6 Å². The summed E-state index contributed by atoms with van der Waals surface area (Å²) in [4.78, 5) is 24.0. The van der Waals surface area contributed by atoms with Gasteiger partial charge in [-0.1, -0.05) is 11.6 Å². The predicted octanol–water partition coefficient (Wildman–Crippen LogP) is 2.96. The average Bonchev–Trinajstić information content (AvgIpc) is 2.73. The molecule has 0 spiro atoms. The van der Waals surface area contributed by atoms with Crippen LogP contribution in [0.5, 0.6) is 0 Å². The lowest BCUT2D eigenvalue weighted by molar-refractivity contribution is 0.0982. The lowest BCUT2D eigenvalue weighted by Crippen LogP contribution is -2.23. The molecule has 1 aromatic carbocycles. The van der Waals surface area contributed by atoms with Crippen LogP contribution in [0.1, 0.15) is 28.0 Å². The lowest BCUT2D eigenvalue weighted by Gasteiger charge is -2.08. The minimum Gasteiger partial charge on any atom is -0.294 e. The number of carbonyl (C=O) groups is 1. The van der Waals surface area contributed by atoms with Crippen LogP contribution < -0.4 is 4.72 Å². The van der Waals surface area contributed by atoms with Gasteiger partial charge in [0, 0.05) is 30.6 Å². The summed E-state index contributed by atoms with van der Waals surface area (Å²) in [6.07, 6.45) is 6.94. The molecule has 7 nitrogen and oxygen atoms in total. The number of ketones is 1. The van der Waals surface area contributed by atoms with Gasteiger partial charge in [0.25, 0.3) is 0 Å². The monoisotopic (exact) mass is 434 g/mol. The van der Waals surface area contributed by atoms with E-state index in [1.807, 2.05) is 0 Å². The van der Waals surface area contributed by atoms with E-state index in [9.17, 15) is 17.6 Å². The van der Waals surface area contributed by atoms with Gasteiger partial charge in [-0.15, -0.1) is 0 Å². The summed E-state index contributed by atoms with van der Waals surface area (Å²) in [5, 5.41) is -0.282. The zero-order valence-electron chi connectivity index (χ0n) is 15.0. The smallest absolute Gasteiger partial charge is 0.240 e. The number of aryl methyl sites for hydroxylation is 1. The fourth-order valence-electron chi connectivity index (χ4n) is 2.45. The van der Waals surface area contributed by atoms with Crippen LogP contribution in [-0.4, -0.2) is 29.2 Å². The molecule has 0 bridgehead atoms. The highest BCUT2D eigenvalue weighted by atomic mass is 35.5. The molecule has 0 saturated heterocycles. The Labute approximate surface area is 172 Å². The van der Waals surface area contributed by atoms with Gasteiger partial charge in [-0.2, -0.15) is 0 Å². The normalized spacial score (nSPS) is 11.4. The van der Waals surface area contributed by atoms with Crippen LogP contribution in [0.2, 0.25) is 5.02 Å². The maximum Gasteiger partial charge on any atom is 0.240 e. The summed E-state index contributed by atoms with van der Waals surface area (Å²) < 4.78 is 40.1. The van der Waals surface area contributed by atoms with E-state index in [2.05, 4.69) is 19.7 Å². The molecule has 29 heavy (non-hydrogen) atoms. The molecule has 0 saturated carbocycles. The van der Waals surface area contributed by atoms with Crippen LogP contribution in [0.3, 0.4) is 0 Å². The minimum absolute atomic E-state index is 0.0885. The van der Waals surface area contributed by atoms with Crippen molar-refractivity contribution in [1.82, 2.24) is 19.7 Å². The fraction of sp³-hybridized carbons (Fsp3) is 0.158. The average molecular weight is 435 g/mol. The number of hydrogen-bond acceptors (Lipinski definition) is 6. The molecule has 0 atom stereocenters. The predicted molar refractivity (Wildman–Crippen MR) is 104 cm³/mol. The third-order valence-electron chi connectivity index (χ3n) is 4.05. The molecule has 3 aromatic rings. The summed E-state index contributed by atoms with van der Waals surface area (Å²) in [7, 11) is -3.88. The molecule has 0 aliphatic heterocycles. The molecule has 1 N–H and O–H groups in total. The number of nitrogens with one attached hydrogen (secondary N) is 1. The first-order valence-corrected chi connectivity index (χ1v) is 10.4. The van der Waals surface area contributed by atoms with Gasteiger partial charge in [0.1, 0.15) is 12.1 Å². The number of halogens is 2. The number of carbonyl (C=O) groups excluding carboxylic acids is 1. The topological polar surface area (TPSA) is 102 Å². The summed E-state index contributed by atoms with van der Waals surface area (Å²) in [6, 6.07) is 6.30. The molecule has 2 aromatic heterocycles. The van der Waals surface area contributed by atoms with E-state index < -0.39 is 15.8 Å². The first kappa shape index (κ1) is 21.0. The van der Waals surface area contributed by atoms with Crippen LogP contribution in [0.25, 0.3) is 0 Å². The Balaban J connectivity index is 1.58. The molecule has 0 aliphatic carbocycles. The SMILES string of the molecule is O=C(CCc1cncnc1)c1ccc(CNS(=O)(=O)c2ccc(F)c(Cl)c2)nc1. The first-order valence-electron chi connectivity index (χ1n) is 8.52. The Morgan fingerprint density at radius 2 is 1.86 bits per heavy atom. The van der Waals surface area contributed by atoms with Crippen LogP contribution in [0, 0.1) is 5.82 Å². The highest BCUT2D eigenvalue weighted by Crippen LogP contribution is 2.19. The number of benzene rings is 1. The van der Waals surface area contributed by atoms with E-state index in [1.165, 1.54) is 12.5 Å². The van der Waals surface area contributed by atoms with E-state index in [1.54, 1.807) is 24.5 Å². The Morgan fingerprint density at radius 3 is 2.52 bits per heavy atom. The largest absolute Gasteiger partial charge is 0.294 e. The van der Waals surface area contributed by atoms with Gasteiger partial charge in [-0.3, -0.25) is 9.78 Å². The summed E-state index contributed by atoms with van der Waals surface area (Å²) in [6.45, 7) is -0.0901. The Morgan fingerprint density at radius 1 is 1.10 bits per heavy atom. The number of Topliss-reactive ketones (excluding diaryl/α,β-unsaturated/α-hetero) is 1. The molecule has 0 aliphatic rings. The number of aromatic nitrogens is 3. The third-order valence-corrected chi connectivity index (χ3v) is 5.73. The van der Waals surface area contributed by atoms with Crippen molar-refractivity contribution < 1.29 is 17.6 Å². The minimum atomic E-state index is -3.88. The Hall–Kier alpha value is -2.75. The highest BCUT2D eigenvalue weighted by Gasteiger charge is 2.16. The van der Waals surface area contributed by atoms with Crippen molar-refractivity contribution in [3.63, 3.8) is 0 Å². The van der Waals surface area contributed by atoms with Gasteiger partial charge in [-0.05, 0) is 42.3 Å². The second kappa shape index (κ2) is 9.17. The van der Waals surface area contributed by atoms with Crippen molar-refractivity contribution in [3.05, 3.63) is 82.9 Å². The molecule has 0 unspecified atom stereocenters. The van der Waals surface area contributed by atoms with Crippen molar-refractivity contribution in [2.45, 2.75) is 24.3 Å². The number of sulfonamides is 1. The van der Waals surface area contributed by atoms with Crippen molar-refractivity contribution in [2.24, 2.45) is 0 Å². The molecule has 0 fully saturated rings. The molecule has 150 valence electrons. The lowest BCUT2D eigenvalue weighted by atomic mass is 10.1. The Bertz CT molecular complexity index is 1110. The molecule has 3 rings (SSSR count). The van der Waals surface area contributed by atoms with Gasteiger partial charge >= 0.3 is 0 Å². The zero-order chi connectivity index (χ0) is 20.9. The second-order valence-electron chi connectivity index (χ2n) is 6.11. The standard InChI is InChI=1S/C19H16ClFN4O3S/c20-17-7-16(4-5-18(17)21)29(27,28)25-11-15-3-2-14(10-24-15)19(26)6-1-13-8-22-12-23-9-13/h2-5,7-10,12,25H,1,6,11H2. The second-order valence-corrected chi connectivity index (χ2v) is 8.28. The van der Waals surface area contributed by atoms with E-state index in [0.29, 0.717) is 17.7 Å². The molecule has 2 heterocycles. The van der Waals surface area contributed by atoms with Crippen molar-refractivity contribution in [2.75, 3.05) is 0 Å². The maximum absolute atomic E-state index is 13.2. The summed E-state index contributed by atoms with van der Waals surface area (Å²) >= 11 is 5.63. The van der Waals surface area contributed by atoms with E-state index in [4.69, 9.17) is 11.6 Å². The van der Waals surface area contributed by atoms with Crippen LogP contribution in [-0.2, 0) is 23.0 Å². The van der Waals surface area contributed by atoms with Gasteiger partial charge < -0.3 is 0 Å². The molecular formula is C19H16ClFN4O3S. The first-order chi connectivity index (χ1) is 13.8. The number of hydrogen-bond donors (Lipinski definition) is 1.